The fourth-order valence-electron chi connectivity index (χ4n) is 4.48. The van der Waals surface area contributed by atoms with E-state index in [2.05, 4.69) is 26.3 Å². The Morgan fingerprint density at radius 2 is 2.06 bits per heavy atom. The van der Waals surface area contributed by atoms with E-state index in [0.29, 0.717) is 38.0 Å². The highest BCUT2D eigenvalue weighted by Gasteiger charge is 2.25. The molecule has 1 amide bonds. The first-order valence-corrected chi connectivity index (χ1v) is 11.6. The van der Waals surface area contributed by atoms with Crippen LogP contribution in [0.1, 0.15) is 12.0 Å². The predicted octanol–water partition coefficient (Wildman–Crippen LogP) is 2.55. The number of aryl methyl sites for hydroxylation is 1. The lowest BCUT2D eigenvalue weighted by Crippen LogP contribution is -2.48. The van der Waals surface area contributed by atoms with Gasteiger partial charge in [0.2, 0.25) is 11.8 Å². The van der Waals surface area contributed by atoms with E-state index in [0.717, 1.165) is 46.7 Å². The van der Waals surface area contributed by atoms with Crippen molar-refractivity contribution < 1.29 is 14.3 Å². The Labute approximate surface area is 201 Å². The monoisotopic (exact) mass is 471 g/mol. The third-order valence-electron chi connectivity index (χ3n) is 6.30. The molecule has 0 spiro atoms. The largest absolute Gasteiger partial charge is 0.477 e. The van der Waals surface area contributed by atoms with Crippen LogP contribution in [0.2, 0.25) is 0 Å². The Morgan fingerprint density at radius 3 is 2.91 bits per heavy atom. The molecule has 1 fully saturated rings. The van der Waals surface area contributed by atoms with Crippen LogP contribution in [-0.4, -0.2) is 57.7 Å². The third kappa shape index (κ3) is 4.24. The molecule has 0 radical (unpaired) electrons. The van der Waals surface area contributed by atoms with Crippen molar-refractivity contribution in [3.05, 3.63) is 60.7 Å². The molecule has 1 unspecified atom stereocenters. The van der Waals surface area contributed by atoms with Gasteiger partial charge in [0.1, 0.15) is 0 Å². The maximum Gasteiger partial charge on any atom is 0.248 e. The number of morpholine rings is 1. The van der Waals surface area contributed by atoms with E-state index >= 15 is 0 Å². The van der Waals surface area contributed by atoms with Gasteiger partial charge in [-0.1, -0.05) is 0 Å². The molecule has 3 N–H and O–H groups in total. The van der Waals surface area contributed by atoms with E-state index < -0.39 is 12.0 Å². The van der Waals surface area contributed by atoms with E-state index in [1.807, 2.05) is 41.1 Å². The summed E-state index contributed by atoms with van der Waals surface area (Å²) in [6.07, 6.45) is 8.75. The standard InChI is InChI=1S/C25H25N7O3/c26-22(33)21-15-31(9-11-34-21)19-5-3-18(4-6-19)29-23-24-27-7-8-32(24)14-20(30-23)17-12-16-2-1-10-35-25(16)28-13-17/h3-8,12-14,21H,1-2,9-11,15H2,(H2,26,33)(H,29,30). The molecular formula is C25H25N7O3. The zero-order chi connectivity index (χ0) is 23.8. The summed E-state index contributed by atoms with van der Waals surface area (Å²) in [7, 11) is 0. The second kappa shape index (κ2) is 8.88. The van der Waals surface area contributed by atoms with Crippen LogP contribution in [0.5, 0.6) is 5.88 Å². The number of pyridine rings is 1. The van der Waals surface area contributed by atoms with Crippen molar-refractivity contribution in [2.24, 2.45) is 5.73 Å². The molecule has 35 heavy (non-hydrogen) atoms. The van der Waals surface area contributed by atoms with Gasteiger partial charge in [-0.2, -0.15) is 0 Å². The summed E-state index contributed by atoms with van der Waals surface area (Å²) in [5, 5.41) is 3.41. The number of hydrogen-bond donors (Lipinski definition) is 2. The summed E-state index contributed by atoms with van der Waals surface area (Å²) in [5.41, 5.74) is 10.8. The molecule has 0 aliphatic carbocycles. The molecule has 6 rings (SSSR count). The number of carbonyl (C=O) groups excluding carboxylic acids is 1. The molecule has 1 aromatic carbocycles. The van der Waals surface area contributed by atoms with E-state index in [1.165, 1.54) is 0 Å². The highest BCUT2D eigenvalue weighted by molar-refractivity contribution is 5.80. The third-order valence-corrected chi connectivity index (χ3v) is 6.30. The number of ether oxygens (including phenoxy) is 2. The number of benzene rings is 1. The molecule has 4 aromatic rings. The molecule has 2 aliphatic rings. The van der Waals surface area contributed by atoms with Gasteiger partial charge in [-0.15, -0.1) is 0 Å². The van der Waals surface area contributed by atoms with Gasteiger partial charge in [0.05, 0.1) is 25.5 Å². The minimum atomic E-state index is -0.591. The Kier molecular flexibility index (Phi) is 5.42. The Hall–Kier alpha value is -4.18. The van der Waals surface area contributed by atoms with Gasteiger partial charge in [-0.05, 0) is 43.2 Å². The number of fused-ring (bicyclic) bond motifs is 2. The highest BCUT2D eigenvalue weighted by atomic mass is 16.5. The maximum absolute atomic E-state index is 11.5. The molecule has 10 nitrogen and oxygen atoms in total. The van der Waals surface area contributed by atoms with Crippen molar-refractivity contribution in [1.29, 1.82) is 0 Å². The van der Waals surface area contributed by atoms with E-state index in [-0.39, 0.29) is 0 Å². The first-order chi connectivity index (χ1) is 17.1. The Bertz CT molecular complexity index is 1390. The smallest absolute Gasteiger partial charge is 0.248 e. The number of hydrogen-bond acceptors (Lipinski definition) is 8. The van der Waals surface area contributed by atoms with Gasteiger partial charge >= 0.3 is 0 Å². The summed E-state index contributed by atoms with van der Waals surface area (Å²) in [5.74, 6) is 0.920. The van der Waals surface area contributed by atoms with Crippen LogP contribution in [0.25, 0.3) is 16.9 Å². The lowest BCUT2D eigenvalue weighted by atomic mass is 10.1. The lowest BCUT2D eigenvalue weighted by Gasteiger charge is -2.33. The van der Waals surface area contributed by atoms with E-state index in [1.54, 1.807) is 12.4 Å². The first kappa shape index (κ1) is 21.4. The van der Waals surface area contributed by atoms with Crippen molar-refractivity contribution in [1.82, 2.24) is 19.4 Å². The van der Waals surface area contributed by atoms with Gasteiger partial charge in [0.15, 0.2) is 17.6 Å². The number of imidazole rings is 1. The number of primary amides is 1. The topological polar surface area (TPSA) is 120 Å². The van der Waals surface area contributed by atoms with Crippen LogP contribution >= 0.6 is 0 Å². The quantitative estimate of drug-likeness (QED) is 0.456. The fraction of sp³-hybridized carbons (Fsp3) is 0.280. The molecule has 0 bridgehead atoms. The molecular weight excluding hydrogens is 446 g/mol. The van der Waals surface area contributed by atoms with Crippen LogP contribution in [0.3, 0.4) is 0 Å². The number of nitrogens with two attached hydrogens (primary N) is 1. The van der Waals surface area contributed by atoms with Crippen LogP contribution in [0, 0.1) is 0 Å². The summed E-state index contributed by atoms with van der Waals surface area (Å²) in [6, 6.07) is 10.1. The van der Waals surface area contributed by atoms with E-state index in [4.69, 9.17) is 20.2 Å². The lowest BCUT2D eigenvalue weighted by molar-refractivity contribution is -0.130. The summed E-state index contributed by atoms with van der Waals surface area (Å²) in [4.78, 5) is 27.5. The minimum Gasteiger partial charge on any atom is -0.477 e. The van der Waals surface area contributed by atoms with Crippen molar-refractivity contribution in [3.8, 4) is 17.1 Å². The van der Waals surface area contributed by atoms with Crippen molar-refractivity contribution in [2.45, 2.75) is 18.9 Å². The summed E-state index contributed by atoms with van der Waals surface area (Å²) in [6.45, 7) is 2.32. The SMILES string of the molecule is NC(=O)C1CN(c2ccc(Nc3nc(-c4cnc5c(c4)CCCO5)cn4ccnc34)cc2)CCO1. The number of nitrogens with zero attached hydrogens (tertiary/aromatic N) is 5. The number of amides is 1. The highest BCUT2D eigenvalue weighted by Crippen LogP contribution is 2.29. The first-order valence-electron chi connectivity index (χ1n) is 11.6. The molecule has 178 valence electrons. The molecule has 5 heterocycles. The molecule has 0 saturated carbocycles. The average molecular weight is 472 g/mol. The average Bonchev–Trinajstić information content (AvgIpc) is 3.38. The van der Waals surface area contributed by atoms with Crippen LogP contribution in [0.4, 0.5) is 17.2 Å². The Morgan fingerprint density at radius 1 is 1.17 bits per heavy atom. The molecule has 10 heteroatoms. The zero-order valence-corrected chi connectivity index (χ0v) is 19.1. The number of carbonyl (C=O) groups is 1. The summed E-state index contributed by atoms with van der Waals surface area (Å²) < 4.78 is 13.1. The van der Waals surface area contributed by atoms with Gasteiger partial charge in [-0.3, -0.25) is 4.79 Å². The van der Waals surface area contributed by atoms with Crippen molar-refractivity contribution >= 4 is 28.7 Å². The number of anilines is 3. The molecule has 1 saturated heterocycles. The minimum absolute atomic E-state index is 0.440. The van der Waals surface area contributed by atoms with Crippen LogP contribution in [0.15, 0.2) is 55.1 Å². The Balaban J connectivity index is 1.27. The van der Waals surface area contributed by atoms with Crippen molar-refractivity contribution in [2.75, 3.05) is 36.5 Å². The number of rotatable bonds is 5. The molecule has 1 atom stereocenters. The van der Waals surface area contributed by atoms with Crippen LogP contribution in [-0.2, 0) is 16.0 Å². The predicted molar refractivity (Wildman–Crippen MR) is 131 cm³/mol. The van der Waals surface area contributed by atoms with Gasteiger partial charge in [-0.25, -0.2) is 15.0 Å². The molecule has 3 aromatic heterocycles. The molecule has 2 aliphatic heterocycles. The van der Waals surface area contributed by atoms with Gasteiger partial charge < -0.3 is 29.8 Å². The second-order valence-corrected chi connectivity index (χ2v) is 8.65. The van der Waals surface area contributed by atoms with Crippen molar-refractivity contribution in [3.63, 3.8) is 0 Å². The van der Waals surface area contributed by atoms with Crippen LogP contribution < -0.4 is 20.7 Å². The zero-order valence-electron chi connectivity index (χ0n) is 19.1. The van der Waals surface area contributed by atoms with Gasteiger partial charge in [0, 0.05) is 53.8 Å². The summed E-state index contributed by atoms with van der Waals surface area (Å²) >= 11 is 0. The maximum atomic E-state index is 11.5. The number of nitrogens with one attached hydrogen (secondary N) is 1. The number of aromatic nitrogens is 4. The fourth-order valence-corrected chi connectivity index (χ4v) is 4.48. The normalized spacial score (nSPS) is 17.6. The van der Waals surface area contributed by atoms with Gasteiger partial charge in [0.25, 0.3) is 0 Å². The second-order valence-electron chi connectivity index (χ2n) is 8.65. The van der Waals surface area contributed by atoms with E-state index in [9.17, 15) is 4.79 Å².